The number of amides is 1. The lowest BCUT2D eigenvalue weighted by Gasteiger charge is -2.21. The van der Waals surface area contributed by atoms with E-state index < -0.39 is 40.4 Å². The van der Waals surface area contributed by atoms with Gasteiger partial charge in [0.25, 0.3) is 0 Å². The molecule has 1 aliphatic rings. The van der Waals surface area contributed by atoms with Gasteiger partial charge in [0.2, 0.25) is 15.9 Å². The first kappa shape index (κ1) is 25.9. The molecule has 2 N–H and O–H groups in total. The summed E-state index contributed by atoms with van der Waals surface area (Å²) in [4.78, 5) is 13.6. The molecule has 2 rings (SSSR count). The summed E-state index contributed by atoms with van der Waals surface area (Å²) in [5.41, 5.74) is 2.29. The highest BCUT2D eigenvalue weighted by atomic mass is 35.5. The maximum Gasteiger partial charge on any atom is 0.401 e. The molecule has 1 unspecified atom stereocenters. The minimum atomic E-state index is -4.38. The average Bonchev–Trinajstić information content (AvgIpc) is 3.08. The lowest BCUT2D eigenvalue weighted by atomic mass is 9.92. The van der Waals surface area contributed by atoms with Crippen LogP contribution < -0.4 is 10.0 Å². The molecule has 0 bridgehead atoms. The van der Waals surface area contributed by atoms with Gasteiger partial charge >= 0.3 is 6.18 Å². The van der Waals surface area contributed by atoms with Crippen LogP contribution in [0.2, 0.25) is 5.02 Å². The Balaban J connectivity index is 2.06. The maximum absolute atomic E-state index is 12.5. The van der Waals surface area contributed by atoms with Crippen molar-refractivity contribution in [1.29, 1.82) is 0 Å². The number of nitrogens with one attached hydrogen (secondary N) is 2. The van der Waals surface area contributed by atoms with Crippen LogP contribution >= 0.6 is 11.6 Å². The lowest BCUT2D eigenvalue weighted by Crippen LogP contribution is -2.41. The molecule has 1 saturated heterocycles. The second-order valence-corrected chi connectivity index (χ2v) is 10.9. The Morgan fingerprint density at radius 3 is 2.23 bits per heavy atom. The third-order valence-corrected chi connectivity index (χ3v) is 7.20. The molecule has 1 aromatic rings. The van der Waals surface area contributed by atoms with Crippen LogP contribution in [0.3, 0.4) is 0 Å². The van der Waals surface area contributed by atoms with Gasteiger partial charge in [-0.1, -0.05) is 39.3 Å². The average molecular weight is 484 g/mol. The Bertz CT molecular complexity index is 876. The molecule has 1 heterocycles. The molecule has 0 aromatic heterocycles. The molecule has 0 aliphatic carbocycles. The lowest BCUT2D eigenvalue weighted by molar-refractivity contribution is -0.143. The summed E-state index contributed by atoms with van der Waals surface area (Å²) in [6.45, 7) is 6.01. The first-order chi connectivity index (χ1) is 14.2. The molecule has 0 radical (unpaired) electrons. The topological polar surface area (TPSA) is 78.5 Å². The fourth-order valence-electron chi connectivity index (χ4n) is 3.62. The van der Waals surface area contributed by atoms with Crippen LogP contribution in [0.5, 0.6) is 0 Å². The van der Waals surface area contributed by atoms with Crippen molar-refractivity contribution in [3.8, 4) is 0 Å². The van der Waals surface area contributed by atoms with Crippen LogP contribution in [-0.2, 0) is 14.8 Å². The Hall–Kier alpha value is -1.36. The van der Waals surface area contributed by atoms with Crippen LogP contribution in [0.25, 0.3) is 0 Å². The number of carbonyl (C=O) groups excluding carboxylic acids is 1. The van der Waals surface area contributed by atoms with E-state index in [0.29, 0.717) is 10.7 Å². The normalized spacial score (nSPS) is 18.2. The van der Waals surface area contributed by atoms with Gasteiger partial charge in [-0.3, -0.25) is 9.69 Å². The highest BCUT2D eigenvalue weighted by molar-refractivity contribution is 7.90. The number of alkyl halides is 3. The van der Waals surface area contributed by atoms with Gasteiger partial charge in [-0.25, -0.2) is 13.1 Å². The summed E-state index contributed by atoms with van der Waals surface area (Å²) in [6, 6.07) is 3.54. The van der Waals surface area contributed by atoms with E-state index in [9.17, 15) is 26.4 Å². The molecule has 0 spiro atoms. The molecule has 176 valence electrons. The van der Waals surface area contributed by atoms with Gasteiger partial charge in [-0.15, -0.1) is 0 Å². The van der Waals surface area contributed by atoms with E-state index in [2.05, 4.69) is 10.0 Å². The molecule has 1 aromatic carbocycles. The zero-order chi connectivity index (χ0) is 23.6. The van der Waals surface area contributed by atoms with E-state index in [1.165, 1.54) is 0 Å². The Labute approximate surface area is 186 Å². The smallest absolute Gasteiger partial charge is 0.324 e. The number of halogens is 4. The van der Waals surface area contributed by atoms with Gasteiger partial charge in [-0.05, 0) is 48.1 Å². The summed E-state index contributed by atoms with van der Waals surface area (Å²) < 4.78 is 64.8. The number of nitrogens with zero attached hydrogens (tertiary/aromatic N) is 1. The third kappa shape index (κ3) is 7.34. The molecule has 1 fully saturated rings. The molecular formula is C20H29ClF3N3O3S. The largest absolute Gasteiger partial charge is 0.401 e. The predicted octanol–water partition coefficient (Wildman–Crippen LogP) is 4.08. The maximum atomic E-state index is 12.5. The number of hydrogen-bond acceptors (Lipinski definition) is 4. The monoisotopic (exact) mass is 483 g/mol. The highest BCUT2D eigenvalue weighted by Gasteiger charge is 2.38. The Morgan fingerprint density at radius 1 is 1.19 bits per heavy atom. The number of rotatable bonds is 8. The quantitative estimate of drug-likeness (QED) is 0.584. The molecule has 6 nitrogen and oxygen atoms in total. The molecule has 1 atom stereocenters. The number of benzene rings is 1. The minimum Gasteiger partial charge on any atom is -0.324 e. The summed E-state index contributed by atoms with van der Waals surface area (Å²) in [7, 11) is -3.94. The summed E-state index contributed by atoms with van der Waals surface area (Å²) >= 11 is 6.21. The molecule has 0 saturated carbocycles. The van der Waals surface area contributed by atoms with Gasteiger partial charge in [-0.2, -0.15) is 13.2 Å². The van der Waals surface area contributed by atoms with E-state index in [1.54, 1.807) is 12.1 Å². The van der Waals surface area contributed by atoms with Crippen LogP contribution in [0, 0.1) is 0 Å². The number of sulfonamides is 1. The van der Waals surface area contributed by atoms with Crippen LogP contribution in [0.15, 0.2) is 12.1 Å². The van der Waals surface area contributed by atoms with Crippen molar-refractivity contribution in [3.05, 3.63) is 28.3 Å². The molecule has 31 heavy (non-hydrogen) atoms. The van der Waals surface area contributed by atoms with Crippen molar-refractivity contribution >= 4 is 33.2 Å². The van der Waals surface area contributed by atoms with Crippen LogP contribution in [0.1, 0.15) is 57.1 Å². The number of carbonyl (C=O) groups is 1. The Kier molecular flexibility index (Phi) is 8.40. The minimum absolute atomic E-state index is 0.0392. The molecule has 1 amide bonds. The summed E-state index contributed by atoms with van der Waals surface area (Å²) in [5.74, 6) is -0.414. The number of likely N-dealkylation sites (tertiary alicyclic amines) is 1. The fraction of sp³-hybridized carbons (Fsp3) is 0.650. The van der Waals surface area contributed by atoms with Crippen molar-refractivity contribution in [2.45, 2.75) is 57.4 Å². The molecule has 11 heteroatoms. The van der Waals surface area contributed by atoms with Crippen molar-refractivity contribution in [1.82, 2.24) is 9.62 Å². The van der Waals surface area contributed by atoms with Gasteiger partial charge in [0.15, 0.2) is 0 Å². The van der Waals surface area contributed by atoms with E-state index in [4.69, 9.17) is 11.6 Å². The van der Waals surface area contributed by atoms with Crippen molar-refractivity contribution in [3.63, 3.8) is 0 Å². The van der Waals surface area contributed by atoms with Crippen LogP contribution in [-0.4, -0.2) is 56.8 Å². The van der Waals surface area contributed by atoms with Gasteiger partial charge in [0, 0.05) is 17.3 Å². The standard InChI is InChI=1S/C20H29ClF3N3O3S/c1-12(2)16-7-14(21)8-17(13(3)4)19(16)26-18(28)9-25-31(29,30)15-5-6-27(10-15)11-20(22,23)24/h7-8,12-13,15,25H,5-6,9-11H2,1-4H3,(H,26,28). The van der Waals surface area contributed by atoms with Crippen molar-refractivity contribution in [2.24, 2.45) is 0 Å². The zero-order valence-corrected chi connectivity index (χ0v) is 19.6. The predicted molar refractivity (Wildman–Crippen MR) is 116 cm³/mol. The first-order valence-corrected chi connectivity index (χ1v) is 12.0. The SMILES string of the molecule is CC(C)c1cc(Cl)cc(C(C)C)c1NC(=O)CNS(=O)(=O)C1CCN(CC(F)(F)F)C1. The van der Waals surface area contributed by atoms with Gasteiger partial charge in [0.1, 0.15) is 0 Å². The summed E-state index contributed by atoms with van der Waals surface area (Å²) in [5, 5.41) is 2.35. The third-order valence-electron chi connectivity index (χ3n) is 5.18. The highest BCUT2D eigenvalue weighted by Crippen LogP contribution is 2.35. The van der Waals surface area contributed by atoms with Gasteiger partial charge in [0.05, 0.1) is 18.3 Å². The Morgan fingerprint density at radius 2 is 1.74 bits per heavy atom. The second-order valence-electron chi connectivity index (χ2n) is 8.44. The van der Waals surface area contributed by atoms with Gasteiger partial charge < -0.3 is 5.32 Å². The van der Waals surface area contributed by atoms with Crippen molar-refractivity contribution < 1.29 is 26.4 Å². The van der Waals surface area contributed by atoms with E-state index in [-0.39, 0.29) is 31.3 Å². The van der Waals surface area contributed by atoms with E-state index in [0.717, 1.165) is 16.0 Å². The molecule has 1 aliphatic heterocycles. The van der Waals surface area contributed by atoms with E-state index in [1.807, 2.05) is 27.7 Å². The first-order valence-electron chi connectivity index (χ1n) is 10.1. The van der Waals surface area contributed by atoms with Crippen LogP contribution in [0.4, 0.5) is 18.9 Å². The fourth-order valence-corrected chi connectivity index (χ4v) is 5.25. The number of anilines is 1. The molecular weight excluding hydrogens is 455 g/mol. The second kappa shape index (κ2) is 10.1. The summed E-state index contributed by atoms with van der Waals surface area (Å²) in [6.07, 6.45) is -4.30. The van der Waals surface area contributed by atoms with E-state index >= 15 is 0 Å². The zero-order valence-electron chi connectivity index (χ0n) is 18.0. The number of hydrogen-bond donors (Lipinski definition) is 2. The van der Waals surface area contributed by atoms with Crippen molar-refractivity contribution in [2.75, 3.05) is 31.5 Å².